The Morgan fingerprint density at radius 1 is 0.724 bits per heavy atom. The zero-order valence-corrected chi connectivity index (χ0v) is 17.0. The molecular weight excluding hydrogens is 358 g/mol. The molecule has 3 aromatic carbocycles. The Bertz CT molecular complexity index is 1020. The molecule has 1 aliphatic rings. The summed E-state index contributed by atoms with van der Waals surface area (Å²) in [7, 11) is 0. The van der Waals surface area contributed by atoms with Crippen LogP contribution in [0.1, 0.15) is 58.2 Å². The first-order chi connectivity index (χ1) is 13.8. The Kier molecular flexibility index (Phi) is 4.71. The van der Waals surface area contributed by atoms with Crippen LogP contribution >= 0.6 is 0 Å². The summed E-state index contributed by atoms with van der Waals surface area (Å²) in [4.78, 5) is 26.9. The minimum atomic E-state index is -1.38. The molecule has 0 aliphatic heterocycles. The largest absolute Gasteiger partial charge is 0.291 e. The van der Waals surface area contributed by atoms with Crippen LogP contribution in [0.3, 0.4) is 0 Å². The molecule has 0 amide bonds. The molecule has 1 aliphatic carbocycles. The molecule has 3 nitrogen and oxygen atoms in total. The number of hydrogen-bond donors (Lipinski definition) is 1. The zero-order valence-electron chi connectivity index (χ0n) is 17.0. The van der Waals surface area contributed by atoms with E-state index >= 15 is 0 Å². The number of rotatable bonds is 4. The maximum Gasteiger partial charge on any atom is 0.196 e. The lowest BCUT2D eigenvalue weighted by Crippen LogP contribution is -2.51. The van der Waals surface area contributed by atoms with Crippen molar-refractivity contribution in [2.24, 2.45) is 0 Å². The number of ketones is 2. The highest BCUT2D eigenvalue weighted by molar-refractivity contribution is 6.32. The van der Waals surface area contributed by atoms with Crippen LogP contribution in [-0.4, -0.2) is 11.6 Å². The van der Waals surface area contributed by atoms with E-state index < -0.39 is 5.54 Å². The van der Waals surface area contributed by atoms with Crippen molar-refractivity contribution in [1.82, 2.24) is 5.32 Å². The Balaban J connectivity index is 1.71. The van der Waals surface area contributed by atoms with Gasteiger partial charge in [-0.25, -0.2) is 0 Å². The Labute approximate surface area is 171 Å². The molecule has 29 heavy (non-hydrogen) atoms. The number of nitrogens with one attached hydrogen (secondary N) is 1. The molecule has 0 aromatic heterocycles. The van der Waals surface area contributed by atoms with Gasteiger partial charge >= 0.3 is 0 Å². The first-order valence-corrected chi connectivity index (χ1v) is 9.92. The lowest BCUT2D eigenvalue weighted by molar-refractivity contribution is 0.0752. The smallest absolute Gasteiger partial charge is 0.196 e. The van der Waals surface area contributed by atoms with Crippen LogP contribution in [0.4, 0.5) is 0 Å². The molecular formula is C26H25NO2. The third kappa shape index (κ3) is 3.22. The van der Waals surface area contributed by atoms with Gasteiger partial charge in [-0.3, -0.25) is 14.9 Å². The first-order valence-electron chi connectivity index (χ1n) is 9.92. The molecule has 1 N–H and O–H groups in total. The molecule has 146 valence electrons. The first kappa shape index (κ1) is 19.3. The summed E-state index contributed by atoms with van der Waals surface area (Å²) in [6, 6.07) is 24.7. The second-order valence-corrected chi connectivity index (χ2v) is 8.62. The molecule has 0 radical (unpaired) electrons. The minimum absolute atomic E-state index is 0.0796. The van der Waals surface area contributed by atoms with Gasteiger partial charge in [0.25, 0.3) is 0 Å². The standard InChI is InChI=1S/C26H25NO2/c1-25(2,3)19-15-13-18(14-16-19)17-27-26(20-9-5-4-6-10-20)23(28)21-11-7-8-12-22(21)24(26)29/h4-16,27H,17H2,1-3H3. The average Bonchev–Trinajstić information content (AvgIpc) is 2.95. The molecule has 0 saturated carbocycles. The van der Waals surface area contributed by atoms with E-state index in [1.165, 1.54) is 5.56 Å². The van der Waals surface area contributed by atoms with Crippen molar-refractivity contribution in [3.8, 4) is 0 Å². The van der Waals surface area contributed by atoms with Gasteiger partial charge in [0, 0.05) is 17.7 Å². The number of carbonyl (C=O) groups excluding carboxylic acids is 2. The molecule has 3 aromatic rings. The summed E-state index contributed by atoms with van der Waals surface area (Å²) < 4.78 is 0. The van der Waals surface area contributed by atoms with Crippen molar-refractivity contribution in [3.05, 3.63) is 107 Å². The minimum Gasteiger partial charge on any atom is -0.291 e. The fourth-order valence-electron chi connectivity index (χ4n) is 3.96. The van der Waals surface area contributed by atoms with Crippen molar-refractivity contribution in [3.63, 3.8) is 0 Å². The van der Waals surface area contributed by atoms with Gasteiger partial charge in [-0.05, 0) is 22.1 Å². The Hall–Kier alpha value is -3.04. The second-order valence-electron chi connectivity index (χ2n) is 8.62. The van der Waals surface area contributed by atoms with Crippen LogP contribution < -0.4 is 5.32 Å². The summed E-state index contributed by atoms with van der Waals surface area (Å²) in [6.07, 6.45) is 0. The predicted molar refractivity (Wildman–Crippen MR) is 115 cm³/mol. The Morgan fingerprint density at radius 2 is 1.24 bits per heavy atom. The van der Waals surface area contributed by atoms with E-state index in [-0.39, 0.29) is 17.0 Å². The van der Waals surface area contributed by atoms with Crippen LogP contribution in [0.5, 0.6) is 0 Å². The van der Waals surface area contributed by atoms with E-state index in [0.29, 0.717) is 23.2 Å². The molecule has 0 heterocycles. The SMILES string of the molecule is CC(C)(C)c1ccc(CNC2(c3ccccc3)C(=O)c3ccccc3C2=O)cc1. The van der Waals surface area contributed by atoms with Gasteiger partial charge in [-0.2, -0.15) is 0 Å². The lowest BCUT2D eigenvalue weighted by atomic mass is 9.84. The van der Waals surface area contributed by atoms with Crippen LogP contribution in [0.2, 0.25) is 0 Å². The molecule has 0 atom stereocenters. The van der Waals surface area contributed by atoms with Crippen molar-refractivity contribution < 1.29 is 9.59 Å². The number of Topliss-reactive ketones (excluding diaryl/α,β-unsaturated/α-hetero) is 2. The summed E-state index contributed by atoms with van der Waals surface area (Å²) in [5.41, 5.74) is 2.62. The maximum atomic E-state index is 13.5. The monoisotopic (exact) mass is 383 g/mol. The van der Waals surface area contributed by atoms with Gasteiger partial charge in [-0.1, -0.05) is 99.6 Å². The van der Waals surface area contributed by atoms with Crippen molar-refractivity contribution in [2.75, 3.05) is 0 Å². The summed E-state index contributed by atoms with van der Waals surface area (Å²) in [6.45, 7) is 6.96. The normalized spacial score (nSPS) is 15.4. The van der Waals surface area contributed by atoms with Gasteiger partial charge in [0.1, 0.15) is 0 Å². The summed E-state index contributed by atoms with van der Waals surface area (Å²) in [5.74, 6) is -0.369. The highest BCUT2D eigenvalue weighted by atomic mass is 16.2. The lowest BCUT2D eigenvalue weighted by Gasteiger charge is -2.28. The highest BCUT2D eigenvalue weighted by Gasteiger charge is 2.53. The molecule has 0 saturated heterocycles. The third-order valence-electron chi connectivity index (χ3n) is 5.68. The molecule has 0 fully saturated rings. The quantitative estimate of drug-likeness (QED) is 0.642. The van der Waals surface area contributed by atoms with E-state index in [1.54, 1.807) is 24.3 Å². The molecule has 4 rings (SSSR count). The number of benzene rings is 3. The second kappa shape index (κ2) is 7.09. The third-order valence-corrected chi connectivity index (χ3v) is 5.68. The van der Waals surface area contributed by atoms with Crippen LogP contribution in [0, 0.1) is 0 Å². The predicted octanol–water partition coefficient (Wildman–Crippen LogP) is 5.05. The molecule has 0 bridgehead atoms. The maximum absolute atomic E-state index is 13.5. The van der Waals surface area contributed by atoms with E-state index in [0.717, 1.165) is 5.56 Å². The van der Waals surface area contributed by atoms with Crippen molar-refractivity contribution >= 4 is 11.6 Å². The van der Waals surface area contributed by atoms with Gasteiger partial charge in [0.15, 0.2) is 17.1 Å². The highest BCUT2D eigenvalue weighted by Crippen LogP contribution is 2.38. The average molecular weight is 383 g/mol. The van der Waals surface area contributed by atoms with Gasteiger partial charge in [0.05, 0.1) is 0 Å². The van der Waals surface area contributed by atoms with E-state index in [1.807, 2.05) is 30.3 Å². The van der Waals surface area contributed by atoms with Crippen LogP contribution in [0.15, 0.2) is 78.9 Å². The number of carbonyl (C=O) groups is 2. The van der Waals surface area contributed by atoms with Gasteiger partial charge in [-0.15, -0.1) is 0 Å². The van der Waals surface area contributed by atoms with Gasteiger partial charge < -0.3 is 0 Å². The topological polar surface area (TPSA) is 46.2 Å². The molecule has 0 unspecified atom stereocenters. The summed E-state index contributed by atoms with van der Waals surface area (Å²) >= 11 is 0. The van der Waals surface area contributed by atoms with Crippen molar-refractivity contribution in [1.29, 1.82) is 0 Å². The Morgan fingerprint density at radius 3 is 1.76 bits per heavy atom. The van der Waals surface area contributed by atoms with E-state index in [4.69, 9.17) is 0 Å². The molecule has 3 heteroatoms. The fraction of sp³-hybridized carbons (Fsp3) is 0.231. The number of hydrogen-bond acceptors (Lipinski definition) is 3. The zero-order chi connectivity index (χ0) is 20.6. The summed E-state index contributed by atoms with van der Waals surface area (Å²) in [5, 5.41) is 3.33. The van der Waals surface area contributed by atoms with Crippen LogP contribution in [-0.2, 0) is 17.5 Å². The number of fused-ring (bicyclic) bond motifs is 1. The van der Waals surface area contributed by atoms with Gasteiger partial charge in [0.2, 0.25) is 0 Å². The van der Waals surface area contributed by atoms with E-state index in [2.05, 4.69) is 50.4 Å². The molecule has 0 spiro atoms. The fourth-order valence-corrected chi connectivity index (χ4v) is 3.96. The van der Waals surface area contributed by atoms with E-state index in [9.17, 15) is 9.59 Å². The van der Waals surface area contributed by atoms with Crippen LogP contribution in [0.25, 0.3) is 0 Å². The van der Waals surface area contributed by atoms with Crippen molar-refractivity contribution in [2.45, 2.75) is 38.3 Å².